The van der Waals surface area contributed by atoms with Gasteiger partial charge in [0.05, 0.1) is 35.1 Å². The van der Waals surface area contributed by atoms with E-state index >= 15 is 0 Å². The minimum atomic E-state index is -3.66. The second kappa shape index (κ2) is 8.13. The zero-order chi connectivity index (χ0) is 21.3. The lowest BCUT2D eigenvalue weighted by atomic mass is 10.2. The molecule has 0 spiro atoms. The lowest BCUT2D eigenvalue weighted by Crippen LogP contribution is -2.41. The third kappa shape index (κ3) is 3.81. The van der Waals surface area contributed by atoms with E-state index in [1.807, 2.05) is 13.0 Å². The molecule has 0 bridgehead atoms. The van der Waals surface area contributed by atoms with Crippen LogP contribution in [0.15, 0.2) is 41.4 Å². The number of sulfonamides is 1. The van der Waals surface area contributed by atoms with Crippen LogP contribution in [0.3, 0.4) is 0 Å². The zero-order valence-corrected chi connectivity index (χ0v) is 17.6. The van der Waals surface area contributed by atoms with Crippen LogP contribution in [0.4, 0.5) is 0 Å². The van der Waals surface area contributed by atoms with Crippen LogP contribution in [-0.4, -0.2) is 59.5 Å². The van der Waals surface area contributed by atoms with Gasteiger partial charge in [0.2, 0.25) is 10.0 Å². The maximum atomic E-state index is 13.1. The fraction of sp³-hybridized carbons (Fsp3) is 0.350. The van der Waals surface area contributed by atoms with Gasteiger partial charge in [-0.05, 0) is 25.5 Å². The van der Waals surface area contributed by atoms with Crippen molar-refractivity contribution >= 4 is 21.6 Å². The van der Waals surface area contributed by atoms with E-state index in [9.17, 15) is 13.2 Å². The highest BCUT2D eigenvalue weighted by Gasteiger charge is 2.28. The number of nitrogens with zero attached hydrogens (tertiary/aromatic N) is 4. The summed E-state index contributed by atoms with van der Waals surface area (Å²) >= 11 is 0. The standard InChI is InChI=1S/C20H23N5O4S/c1-14-11-19-21-13-17(15(2)25(19)23-14)20(26)22-12-16-5-3-4-6-18(16)30(27,28)24-7-9-29-10-8-24/h3-6,11,13H,7-10,12H2,1-2H3,(H,22,26). The molecular weight excluding hydrogens is 406 g/mol. The average Bonchev–Trinajstić information content (AvgIpc) is 3.14. The second-order valence-corrected chi connectivity index (χ2v) is 9.03. The summed E-state index contributed by atoms with van der Waals surface area (Å²) in [6, 6.07) is 8.55. The van der Waals surface area contributed by atoms with Crippen molar-refractivity contribution in [2.75, 3.05) is 26.3 Å². The molecule has 1 saturated heterocycles. The number of rotatable bonds is 5. The van der Waals surface area contributed by atoms with Crippen molar-refractivity contribution in [3.8, 4) is 0 Å². The molecule has 2 aromatic heterocycles. The molecule has 0 aliphatic carbocycles. The van der Waals surface area contributed by atoms with Crippen molar-refractivity contribution < 1.29 is 17.9 Å². The molecule has 30 heavy (non-hydrogen) atoms. The van der Waals surface area contributed by atoms with E-state index in [1.54, 1.807) is 35.7 Å². The first-order chi connectivity index (χ1) is 14.4. The van der Waals surface area contributed by atoms with Crippen LogP contribution in [0, 0.1) is 13.8 Å². The summed E-state index contributed by atoms with van der Waals surface area (Å²) in [7, 11) is -3.66. The van der Waals surface area contributed by atoms with Crippen LogP contribution in [0.1, 0.15) is 27.3 Å². The first-order valence-electron chi connectivity index (χ1n) is 9.64. The number of aromatic nitrogens is 3. The van der Waals surface area contributed by atoms with E-state index in [-0.39, 0.29) is 17.3 Å². The smallest absolute Gasteiger partial charge is 0.254 e. The molecule has 1 aliphatic rings. The average molecular weight is 430 g/mol. The molecule has 1 amide bonds. The lowest BCUT2D eigenvalue weighted by molar-refractivity contribution is 0.0730. The number of fused-ring (bicyclic) bond motifs is 1. The quantitative estimate of drug-likeness (QED) is 0.655. The zero-order valence-electron chi connectivity index (χ0n) is 16.8. The van der Waals surface area contributed by atoms with Gasteiger partial charge in [0.1, 0.15) is 0 Å². The number of aryl methyl sites for hydroxylation is 2. The van der Waals surface area contributed by atoms with Gasteiger partial charge in [-0.3, -0.25) is 4.79 Å². The van der Waals surface area contributed by atoms with Gasteiger partial charge in [0, 0.05) is 31.9 Å². The topological polar surface area (TPSA) is 106 Å². The normalized spacial score (nSPS) is 15.4. The van der Waals surface area contributed by atoms with Crippen molar-refractivity contribution in [3.05, 3.63) is 59.0 Å². The van der Waals surface area contributed by atoms with Gasteiger partial charge in [0.15, 0.2) is 5.65 Å². The summed E-state index contributed by atoms with van der Waals surface area (Å²) in [5.74, 6) is -0.339. The third-order valence-electron chi connectivity index (χ3n) is 5.09. The molecule has 0 radical (unpaired) electrons. The Labute approximate surface area is 174 Å². The largest absolute Gasteiger partial charge is 0.379 e. The van der Waals surface area contributed by atoms with Crippen molar-refractivity contribution in [3.63, 3.8) is 0 Å². The predicted molar refractivity (Wildman–Crippen MR) is 110 cm³/mol. The van der Waals surface area contributed by atoms with Crippen LogP contribution in [-0.2, 0) is 21.3 Å². The number of morpholine rings is 1. The Morgan fingerprint density at radius 2 is 1.93 bits per heavy atom. The summed E-state index contributed by atoms with van der Waals surface area (Å²) in [6.45, 7) is 5.12. The Kier molecular flexibility index (Phi) is 5.54. The number of carbonyl (C=O) groups is 1. The van der Waals surface area contributed by atoms with E-state index in [0.717, 1.165) is 5.69 Å². The van der Waals surface area contributed by atoms with Gasteiger partial charge in [-0.2, -0.15) is 9.40 Å². The van der Waals surface area contributed by atoms with Crippen LogP contribution in [0.5, 0.6) is 0 Å². The van der Waals surface area contributed by atoms with Gasteiger partial charge in [-0.1, -0.05) is 18.2 Å². The number of ether oxygens (including phenoxy) is 1. The molecule has 0 saturated carbocycles. The Hall–Kier alpha value is -2.82. The Morgan fingerprint density at radius 3 is 2.70 bits per heavy atom. The van der Waals surface area contributed by atoms with E-state index in [2.05, 4.69) is 15.4 Å². The summed E-state index contributed by atoms with van der Waals surface area (Å²) in [5.41, 5.74) is 3.06. The van der Waals surface area contributed by atoms with Crippen LogP contribution >= 0.6 is 0 Å². The molecule has 1 aliphatic heterocycles. The molecule has 9 nitrogen and oxygen atoms in total. The number of hydrogen-bond acceptors (Lipinski definition) is 6. The van der Waals surface area contributed by atoms with E-state index in [4.69, 9.17) is 4.74 Å². The van der Waals surface area contributed by atoms with Crippen molar-refractivity contribution in [2.24, 2.45) is 0 Å². The van der Waals surface area contributed by atoms with Gasteiger partial charge < -0.3 is 10.1 Å². The Morgan fingerprint density at radius 1 is 1.20 bits per heavy atom. The van der Waals surface area contributed by atoms with E-state index in [1.165, 1.54) is 10.5 Å². The third-order valence-corrected chi connectivity index (χ3v) is 7.09. The second-order valence-electron chi connectivity index (χ2n) is 7.12. The maximum Gasteiger partial charge on any atom is 0.254 e. The van der Waals surface area contributed by atoms with Crippen molar-refractivity contribution in [1.82, 2.24) is 24.2 Å². The molecule has 0 unspecified atom stereocenters. The molecule has 158 valence electrons. The minimum Gasteiger partial charge on any atom is -0.379 e. The highest BCUT2D eigenvalue weighted by Crippen LogP contribution is 2.21. The maximum absolute atomic E-state index is 13.1. The summed E-state index contributed by atoms with van der Waals surface area (Å²) in [4.78, 5) is 17.3. The number of nitrogens with one attached hydrogen (secondary N) is 1. The van der Waals surface area contributed by atoms with E-state index < -0.39 is 10.0 Å². The van der Waals surface area contributed by atoms with Crippen molar-refractivity contribution in [2.45, 2.75) is 25.3 Å². The van der Waals surface area contributed by atoms with Gasteiger partial charge >= 0.3 is 0 Å². The van der Waals surface area contributed by atoms with E-state index in [0.29, 0.717) is 48.8 Å². The SMILES string of the molecule is Cc1cc2ncc(C(=O)NCc3ccccc3S(=O)(=O)N3CCOCC3)c(C)n2n1. The molecule has 1 fully saturated rings. The van der Waals surface area contributed by atoms with Crippen LogP contribution < -0.4 is 5.32 Å². The molecule has 3 aromatic rings. The number of benzene rings is 1. The van der Waals surface area contributed by atoms with Gasteiger partial charge in [0.25, 0.3) is 5.91 Å². The Bertz CT molecular complexity index is 1200. The highest BCUT2D eigenvalue weighted by molar-refractivity contribution is 7.89. The lowest BCUT2D eigenvalue weighted by Gasteiger charge is -2.27. The molecule has 3 heterocycles. The Balaban J connectivity index is 1.56. The minimum absolute atomic E-state index is 0.0776. The molecule has 0 atom stereocenters. The summed E-state index contributed by atoms with van der Waals surface area (Å²) < 4.78 is 34.4. The molecular formula is C20H23N5O4S. The first kappa shape index (κ1) is 20.5. The van der Waals surface area contributed by atoms with Crippen molar-refractivity contribution in [1.29, 1.82) is 0 Å². The van der Waals surface area contributed by atoms with Crippen LogP contribution in [0.2, 0.25) is 0 Å². The fourth-order valence-corrected chi connectivity index (χ4v) is 5.11. The number of amides is 1. The molecule has 1 N–H and O–H groups in total. The number of hydrogen-bond donors (Lipinski definition) is 1. The van der Waals surface area contributed by atoms with Gasteiger partial charge in [-0.15, -0.1) is 0 Å². The first-order valence-corrected chi connectivity index (χ1v) is 11.1. The summed E-state index contributed by atoms with van der Waals surface area (Å²) in [5, 5.41) is 7.17. The van der Waals surface area contributed by atoms with Gasteiger partial charge in [-0.25, -0.2) is 17.9 Å². The molecule has 4 rings (SSSR count). The monoisotopic (exact) mass is 429 g/mol. The molecule has 1 aromatic carbocycles. The fourth-order valence-electron chi connectivity index (χ4n) is 3.48. The van der Waals surface area contributed by atoms with Crippen LogP contribution in [0.25, 0.3) is 5.65 Å². The predicted octanol–water partition coefficient (Wildman–Crippen LogP) is 1.30. The summed E-state index contributed by atoms with van der Waals surface area (Å²) in [6.07, 6.45) is 1.51. The highest BCUT2D eigenvalue weighted by atomic mass is 32.2. The number of carbonyl (C=O) groups excluding carboxylic acids is 1. The molecule has 10 heteroatoms.